The summed E-state index contributed by atoms with van der Waals surface area (Å²) in [5.74, 6) is 0.0199. The maximum Gasteiger partial charge on any atom is 0.261 e. The first-order valence-electron chi connectivity index (χ1n) is 7.90. The van der Waals surface area contributed by atoms with Crippen molar-refractivity contribution in [2.75, 3.05) is 11.4 Å². The van der Waals surface area contributed by atoms with Gasteiger partial charge in [0.15, 0.2) is 0 Å². The molecular formula is C20H16N2OS. The molecule has 3 aromatic rings. The Morgan fingerprint density at radius 1 is 0.958 bits per heavy atom. The van der Waals surface area contributed by atoms with E-state index in [-0.39, 0.29) is 5.91 Å². The minimum absolute atomic E-state index is 0.0199. The van der Waals surface area contributed by atoms with Crippen LogP contribution in [-0.2, 0) is 6.42 Å². The first-order valence-corrected chi connectivity index (χ1v) is 8.72. The molecule has 24 heavy (non-hydrogen) atoms. The normalized spacial score (nSPS) is 12.9. The van der Waals surface area contributed by atoms with Crippen LogP contribution in [0.25, 0.3) is 0 Å². The van der Waals surface area contributed by atoms with Crippen molar-refractivity contribution in [2.45, 2.75) is 16.3 Å². The second-order valence-corrected chi connectivity index (χ2v) is 6.67. The lowest BCUT2D eigenvalue weighted by Gasteiger charge is -2.18. The number of para-hydroxylation sites is 1. The van der Waals surface area contributed by atoms with Crippen molar-refractivity contribution >= 4 is 23.4 Å². The summed E-state index contributed by atoms with van der Waals surface area (Å²) in [7, 11) is 0. The molecule has 0 unspecified atom stereocenters. The Labute approximate surface area is 145 Å². The van der Waals surface area contributed by atoms with Crippen molar-refractivity contribution in [2.24, 2.45) is 0 Å². The zero-order chi connectivity index (χ0) is 16.4. The van der Waals surface area contributed by atoms with E-state index in [1.54, 1.807) is 6.20 Å². The number of benzene rings is 2. The molecule has 118 valence electrons. The lowest BCUT2D eigenvalue weighted by Crippen LogP contribution is -2.29. The molecule has 1 aliphatic heterocycles. The molecule has 0 atom stereocenters. The standard InChI is InChI=1S/C20H16N2OS/c23-20(22-14-12-15-7-4-5-11-18(15)22)17-10-6-13-21-19(17)24-16-8-2-1-3-9-16/h1-11,13H,12,14H2. The number of anilines is 1. The molecule has 0 spiro atoms. The number of amides is 1. The Bertz CT molecular complexity index is 880. The van der Waals surface area contributed by atoms with Crippen LogP contribution in [0.1, 0.15) is 15.9 Å². The van der Waals surface area contributed by atoms with Crippen LogP contribution in [0.5, 0.6) is 0 Å². The van der Waals surface area contributed by atoms with Crippen molar-refractivity contribution in [3.05, 3.63) is 84.1 Å². The van der Waals surface area contributed by atoms with Gasteiger partial charge in [-0.25, -0.2) is 4.98 Å². The average molecular weight is 332 g/mol. The van der Waals surface area contributed by atoms with Gasteiger partial charge in [-0.05, 0) is 42.3 Å². The minimum Gasteiger partial charge on any atom is -0.308 e. The van der Waals surface area contributed by atoms with Crippen molar-refractivity contribution < 1.29 is 4.79 Å². The molecule has 4 rings (SSSR count). The fourth-order valence-corrected chi connectivity index (χ4v) is 3.83. The molecule has 0 N–H and O–H groups in total. The molecule has 1 amide bonds. The van der Waals surface area contributed by atoms with Crippen molar-refractivity contribution in [3.8, 4) is 0 Å². The van der Waals surface area contributed by atoms with Gasteiger partial charge in [0, 0.05) is 23.3 Å². The highest BCUT2D eigenvalue weighted by molar-refractivity contribution is 7.99. The molecule has 2 heterocycles. The third kappa shape index (κ3) is 2.81. The molecule has 4 heteroatoms. The van der Waals surface area contributed by atoms with Gasteiger partial charge in [-0.2, -0.15) is 0 Å². The summed E-state index contributed by atoms with van der Waals surface area (Å²) in [4.78, 5) is 20.5. The highest BCUT2D eigenvalue weighted by atomic mass is 32.2. The Morgan fingerprint density at radius 2 is 1.75 bits per heavy atom. The van der Waals surface area contributed by atoms with Crippen LogP contribution in [0.3, 0.4) is 0 Å². The van der Waals surface area contributed by atoms with Crippen LogP contribution < -0.4 is 4.90 Å². The van der Waals surface area contributed by atoms with Gasteiger partial charge >= 0.3 is 0 Å². The molecule has 3 nitrogen and oxygen atoms in total. The molecule has 1 aromatic heterocycles. The van der Waals surface area contributed by atoms with Gasteiger partial charge in [-0.15, -0.1) is 0 Å². The summed E-state index contributed by atoms with van der Waals surface area (Å²) < 4.78 is 0. The molecule has 0 saturated heterocycles. The van der Waals surface area contributed by atoms with E-state index in [4.69, 9.17) is 0 Å². The van der Waals surface area contributed by atoms with E-state index in [2.05, 4.69) is 11.1 Å². The number of hydrogen-bond donors (Lipinski definition) is 0. The number of fused-ring (bicyclic) bond motifs is 1. The van der Waals surface area contributed by atoms with Crippen LogP contribution in [0, 0.1) is 0 Å². The smallest absolute Gasteiger partial charge is 0.261 e. The minimum atomic E-state index is 0.0199. The van der Waals surface area contributed by atoms with Crippen LogP contribution >= 0.6 is 11.8 Å². The van der Waals surface area contributed by atoms with E-state index in [0.29, 0.717) is 5.56 Å². The molecule has 0 aliphatic carbocycles. The SMILES string of the molecule is O=C(c1cccnc1Sc1ccccc1)N1CCc2ccccc21. The summed E-state index contributed by atoms with van der Waals surface area (Å²) in [5, 5.41) is 0.748. The third-order valence-corrected chi connectivity index (χ3v) is 5.12. The van der Waals surface area contributed by atoms with Gasteiger partial charge < -0.3 is 4.90 Å². The quantitative estimate of drug-likeness (QED) is 0.711. The van der Waals surface area contributed by atoms with Crippen LogP contribution in [0.2, 0.25) is 0 Å². The topological polar surface area (TPSA) is 33.2 Å². The van der Waals surface area contributed by atoms with E-state index < -0.39 is 0 Å². The Morgan fingerprint density at radius 3 is 2.62 bits per heavy atom. The van der Waals surface area contributed by atoms with Gasteiger partial charge in [0.1, 0.15) is 5.03 Å². The third-order valence-electron chi connectivity index (χ3n) is 4.09. The maximum atomic E-state index is 13.1. The average Bonchev–Trinajstić information content (AvgIpc) is 3.07. The zero-order valence-electron chi connectivity index (χ0n) is 13.1. The molecule has 2 aromatic carbocycles. The number of pyridine rings is 1. The summed E-state index contributed by atoms with van der Waals surface area (Å²) in [6, 6.07) is 21.8. The van der Waals surface area contributed by atoms with Crippen LogP contribution in [0.15, 0.2) is 82.8 Å². The van der Waals surface area contributed by atoms with Crippen LogP contribution in [0.4, 0.5) is 5.69 Å². The van der Waals surface area contributed by atoms with E-state index >= 15 is 0 Å². The number of nitrogens with zero attached hydrogens (tertiary/aromatic N) is 2. The Kier molecular flexibility index (Phi) is 4.05. The Balaban J connectivity index is 1.66. The van der Waals surface area contributed by atoms with E-state index in [0.717, 1.165) is 28.6 Å². The summed E-state index contributed by atoms with van der Waals surface area (Å²) in [5.41, 5.74) is 2.90. The van der Waals surface area contributed by atoms with Gasteiger partial charge in [0.25, 0.3) is 5.91 Å². The fourth-order valence-electron chi connectivity index (χ4n) is 2.93. The highest BCUT2D eigenvalue weighted by Crippen LogP contribution is 2.33. The monoisotopic (exact) mass is 332 g/mol. The zero-order valence-corrected chi connectivity index (χ0v) is 13.9. The lowest BCUT2D eigenvalue weighted by molar-refractivity contribution is 0.0986. The van der Waals surface area contributed by atoms with E-state index in [1.807, 2.05) is 65.6 Å². The largest absolute Gasteiger partial charge is 0.308 e. The second kappa shape index (κ2) is 6.49. The number of rotatable bonds is 3. The van der Waals surface area contributed by atoms with Gasteiger partial charge in [-0.1, -0.05) is 48.2 Å². The van der Waals surface area contributed by atoms with Gasteiger partial charge in [-0.3, -0.25) is 4.79 Å². The van der Waals surface area contributed by atoms with E-state index in [1.165, 1.54) is 17.3 Å². The lowest BCUT2D eigenvalue weighted by atomic mass is 10.2. The van der Waals surface area contributed by atoms with Crippen molar-refractivity contribution in [3.63, 3.8) is 0 Å². The van der Waals surface area contributed by atoms with Gasteiger partial charge in [0.05, 0.1) is 5.56 Å². The second-order valence-electron chi connectivity index (χ2n) is 5.61. The predicted molar refractivity (Wildman–Crippen MR) is 96.6 cm³/mol. The molecule has 0 radical (unpaired) electrons. The highest BCUT2D eigenvalue weighted by Gasteiger charge is 2.27. The molecular weight excluding hydrogens is 316 g/mol. The first kappa shape index (κ1) is 15.0. The molecule has 0 fully saturated rings. The molecule has 1 aliphatic rings. The fraction of sp³-hybridized carbons (Fsp3) is 0.100. The molecule has 0 bridgehead atoms. The van der Waals surface area contributed by atoms with Crippen molar-refractivity contribution in [1.29, 1.82) is 0 Å². The summed E-state index contributed by atoms with van der Waals surface area (Å²) >= 11 is 1.52. The van der Waals surface area contributed by atoms with Gasteiger partial charge in [0.2, 0.25) is 0 Å². The summed E-state index contributed by atoms with van der Waals surface area (Å²) in [6.07, 6.45) is 2.64. The van der Waals surface area contributed by atoms with E-state index in [9.17, 15) is 4.79 Å². The summed E-state index contributed by atoms with van der Waals surface area (Å²) in [6.45, 7) is 0.725. The first-order chi connectivity index (χ1) is 11.8. The maximum absolute atomic E-state index is 13.1. The number of carbonyl (C=O) groups excluding carboxylic acids is 1. The number of aromatic nitrogens is 1. The predicted octanol–water partition coefficient (Wildman–Crippen LogP) is 4.44. The number of carbonyl (C=O) groups is 1. The van der Waals surface area contributed by atoms with Crippen molar-refractivity contribution in [1.82, 2.24) is 4.98 Å². The Hall–Kier alpha value is -2.59. The van der Waals surface area contributed by atoms with Crippen LogP contribution in [-0.4, -0.2) is 17.4 Å². The number of hydrogen-bond acceptors (Lipinski definition) is 3. The molecule has 0 saturated carbocycles.